The van der Waals surface area contributed by atoms with E-state index in [4.69, 9.17) is 0 Å². The molecule has 1 fully saturated rings. The summed E-state index contributed by atoms with van der Waals surface area (Å²) in [6, 6.07) is 13.1. The molecule has 4 rings (SSSR count). The van der Waals surface area contributed by atoms with Crippen molar-refractivity contribution in [2.75, 3.05) is 22.3 Å². The Kier molecular flexibility index (Phi) is 4.03. The number of carbonyl (C=O) groups is 2. The van der Waals surface area contributed by atoms with Gasteiger partial charge in [-0.05, 0) is 42.8 Å². The van der Waals surface area contributed by atoms with Crippen LogP contribution in [-0.2, 0) is 14.8 Å². The van der Waals surface area contributed by atoms with Gasteiger partial charge in [-0.1, -0.05) is 12.1 Å². The Labute approximate surface area is 152 Å². The van der Waals surface area contributed by atoms with Crippen LogP contribution in [0.2, 0.25) is 0 Å². The topological polar surface area (TPSA) is 74.8 Å². The van der Waals surface area contributed by atoms with Gasteiger partial charge in [0.05, 0.1) is 10.6 Å². The predicted molar refractivity (Wildman–Crippen MR) is 98.0 cm³/mol. The monoisotopic (exact) mass is 370 g/mol. The molecule has 2 aromatic carbocycles. The van der Waals surface area contributed by atoms with Gasteiger partial charge < -0.3 is 4.90 Å². The Morgan fingerprint density at radius 2 is 1.58 bits per heavy atom. The number of rotatable bonds is 3. The molecule has 0 aromatic heterocycles. The fraction of sp³-hybridized carbons (Fsp3) is 0.263. The highest BCUT2D eigenvalue weighted by Gasteiger charge is 2.32. The van der Waals surface area contributed by atoms with Gasteiger partial charge in [0.15, 0.2) is 5.78 Å². The van der Waals surface area contributed by atoms with Gasteiger partial charge in [0, 0.05) is 37.2 Å². The minimum Gasteiger partial charge on any atom is -0.312 e. The number of fused-ring (bicyclic) bond motifs is 1. The first-order chi connectivity index (χ1) is 12.5. The van der Waals surface area contributed by atoms with E-state index >= 15 is 0 Å². The van der Waals surface area contributed by atoms with Crippen LogP contribution >= 0.6 is 0 Å². The quantitative estimate of drug-likeness (QED) is 0.832. The van der Waals surface area contributed by atoms with E-state index < -0.39 is 10.0 Å². The molecule has 134 valence electrons. The maximum absolute atomic E-state index is 13.1. The smallest absolute Gasteiger partial charge is 0.264 e. The van der Waals surface area contributed by atoms with Crippen molar-refractivity contribution in [2.24, 2.45) is 0 Å². The number of amides is 1. The lowest BCUT2D eigenvalue weighted by Crippen LogP contribution is -2.37. The van der Waals surface area contributed by atoms with Crippen molar-refractivity contribution in [1.82, 2.24) is 0 Å². The van der Waals surface area contributed by atoms with Crippen molar-refractivity contribution in [2.45, 2.75) is 24.2 Å². The lowest BCUT2D eigenvalue weighted by Gasteiger charge is -2.29. The summed E-state index contributed by atoms with van der Waals surface area (Å²) in [6.45, 7) is 0.789. The van der Waals surface area contributed by atoms with Crippen LogP contribution in [0, 0.1) is 0 Å². The minimum atomic E-state index is -3.78. The average Bonchev–Trinajstić information content (AvgIpc) is 3.08. The molecule has 6 nitrogen and oxygen atoms in total. The molecular formula is C19H18N2O4S. The van der Waals surface area contributed by atoms with Gasteiger partial charge in [0.1, 0.15) is 0 Å². The van der Waals surface area contributed by atoms with E-state index in [1.807, 2.05) is 0 Å². The zero-order chi connectivity index (χ0) is 18.3. The maximum atomic E-state index is 13.1. The van der Waals surface area contributed by atoms with Crippen LogP contribution in [0.15, 0.2) is 53.4 Å². The molecule has 0 unspecified atom stereocenters. The zero-order valence-corrected chi connectivity index (χ0v) is 14.9. The van der Waals surface area contributed by atoms with Crippen molar-refractivity contribution in [3.63, 3.8) is 0 Å². The summed E-state index contributed by atoms with van der Waals surface area (Å²) in [6.07, 6.45) is 1.51. The molecule has 0 saturated carbocycles. The summed E-state index contributed by atoms with van der Waals surface area (Å²) in [5.41, 5.74) is 1.56. The molecule has 0 aliphatic carbocycles. The molecule has 0 spiro atoms. The van der Waals surface area contributed by atoms with Crippen LogP contribution in [0.5, 0.6) is 0 Å². The second-order valence-electron chi connectivity index (χ2n) is 6.41. The standard InChI is InChI=1S/C19H18N2O4S/c22-18-11-13-21(17-5-2-1-4-16(17)18)26(24,25)15-9-7-14(8-10-15)20-12-3-6-19(20)23/h1-2,4-5,7-10H,3,6,11-13H2. The van der Waals surface area contributed by atoms with Crippen LogP contribution < -0.4 is 9.21 Å². The summed E-state index contributed by atoms with van der Waals surface area (Å²) in [5.74, 6) is 0.0130. The molecule has 0 bridgehead atoms. The normalized spacial score (nSPS) is 17.5. The number of nitrogens with zero attached hydrogens (tertiary/aromatic N) is 2. The van der Waals surface area contributed by atoms with Crippen molar-refractivity contribution >= 4 is 33.1 Å². The van der Waals surface area contributed by atoms with E-state index in [0.29, 0.717) is 29.9 Å². The highest BCUT2D eigenvalue weighted by molar-refractivity contribution is 7.92. The van der Waals surface area contributed by atoms with E-state index in [2.05, 4.69) is 0 Å². The van der Waals surface area contributed by atoms with Gasteiger partial charge in [-0.3, -0.25) is 13.9 Å². The Bertz CT molecular complexity index is 983. The number of anilines is 2. The Hall–Kier alpha value is -2.67. The third kappa shape index (κ3) is 2.68. The fourth-order valence-corrected chi connectivity index (χ4v) is 4.97. The number of sulfonamides is 1. The number of benzene rings is 2. The number of Topliss-reactive ketones (excluding diaryl/α,β-unsaturated/α-hetero) is 1. The number of carbonyl (C=O) groups excluding carboxylic acids is 2. The molecule has 26 heavy (non-hydrogen) atoms. The van der Waals surface area contributed by atoms with E-state index in [1.54, 1.807) is 41.3 Å². The van der Waals surface area contributed by atoms with Crippen molar-refractivity contribution in [3.8, 4) is 0 Å². The Morgan fingerprint density at radius 1 is 0.846 bits per heavy atom. The number of para-hydroxylation sites is 1. The van der Waals surface area contributed by atoms with Crippen molar-refractivity contribution in [1.29, 1.82) is 0 Å². The third-order valence-corrected chi connectivity index (χ3v) is 6.65. The third-order valence-electron chi connectivity index (χ3n) is 4.82. The van der Waals surface area contributed by atoms with Gasteiger partial charge in [0.25, 0.3) is 10.0 Å². The van der Waals surface area contributed by atoms with E-state index in [0.717, 1.165) is 6.42 Å². The number of hydrogen-bond acceptors (Lipinski definition) is 4. The summed E-state index contributed by atoms with van der Waals surface area (Å²) in [4.78, 5) is 25.7. The minimum absolute atomic E-state index is 0.0463. The number of ketones is 1. The fourth-order valence-electron chi connectivity index (χ4n) is 3.48. The highest BCUT2D eigenvalue weighted by Crippen LogP contribution is 2.32. The Balaban J connectivity index is 1.68. The van der Waals surface area contributed by atoms with Gasteiger partial charge in [0.2, 0.25) is 5.91 Å². The molecule has 0 N–H and O–H groups in total. The first-order valence-corrected chi connectivity index (χ1v) is 9.98. The van der Waals surface area contributed by atoms with Gasteiger partial charge in [-0.25, -0.2) is 8.42 Å². The lowest BCUT2D eigenvalue weighted by molar-refractivity contribution is -0.117. The van der Waals surface area contributed by atoms with Crippen molar-refractivity contribution < 1.29 is 18.0 Å². The van der Waals surface area contributed by atoms with Crippen molar-refractivity contribution in [3.05, 3.63) is 54.1 Å². The van der Waals surface area contributed by atoms with Crippen LogP contribution in [0.4, 0.5) is 11.4 Å². The van der Waals surface area contributed by atoms with E-state index in [-0.39, 0.29) is 29.6 Å². The first kappa shape index (κ1) is 16.8. The molecule has 7 heteroatoms. The average molecular weight is 370 g/mol. The molecule has 1 amide bonds. The summed E-state index contributed by atoms with van der Waals surface area (Å²) in [7, 11) is -3.78. The van der Waals surface area contributed by atoms with Crippen LogP contribution in [-0.4, -0.2) is 33.2 Å². The molecule has 2 aliphatic heterocycles. The predicted octanol–water partition coefficient (Wildman–Crippen LogP) is 2.60. The largest absolute Gasteiger partial charge is 0.312 e. The number of hydrogen-bond donors (Lipinski definition) is 0. The van der Waals surface area contributed by atoms with Crippen LogP contribution in [0.1, 0.15) is 29.6 Å². The first-order valence-electron chi connectivity index (χ1n) is 8.54. The molecule has 2 aromatic rings. The molecule has 2 heterocycles. The molecular weight excluding hydrogens is 352 g/mol. The van der Waals surface area contributed by atoms with E-state index in [9.17, 15) is 18.0 Å². The van der Waals surface area contributed by atoms with Gasteiger partial charge >= 0.3 is 0 Å². The summed E-state index contributed by atoms with van der Waals surface area (Å²) < 4.78 is 27.5. The van der Waals surface area contributed by atoms with Crippen LogP contribution in [0.25, 0.3) is 0 Å². The van der Waals surface area contributed by atoms with E-state index in [1.165, 1.54) is 16.4 Å². The van der Waals surface area contributed by atoms with Gasteiger partial charge in [-0.2, -0.15) is 0 Å². The maximum Gasteiger partial charge on any atom is 0.264 e. The SMILES string of the molecule is O=C1CCN(S(=O)(=O)c2ccc(N3CCCC3=O)cc2)c2ccccc21. The van der Waals surface area contributed by atoms with Gasteiger partial charge in [-0.15, -0.1) is 0 Å². The zero-order valence-electron chi connectivity index (χ0n) is 14.1. The molecule has 0 atom stereocenters. The second-order valence-corrected chi connectivity index (χ2v) is 8.27. The lowest BCUT2D eigenvalue weighted by atomic mass is 10.0. The summed E-state index contributed by atoms with van der Waals surface area (Å²) in [5, 5.41) is 0. The molecule has 0 radical (unpaired) electrons. The summed E-state index contributed by atoms with van der Waals surface area (Å²) >= 11 is 0. The second kappa shape index (κ2) is 6.25. The highest BCUT2D eigenvalue weighted by atomic mass is 32.2. The Morgan fingerprint density at radius 3 is 2.27 bits per heavy atom. The van der Waals surface area contributed by atoms with Crippen LogP contribution in [0.3, 0.4) is 0 Å². The molecule has 2 aliphatic rings. The molecule has 1 saturated heterocycles.